The van der Waals surface area contributed by atoms with Crippen LogP contribution < -0.4 is 0 Å². The Morgan fingerprint density at radius 3 is 1.53 bits per heavy atom. The summed E-state index contributed by atoms with van der Waals surface area (Å²) in [7, 11) is 0. The second kappa shape index (κ2) is 11.0. The zero-order valence-electron chi connectivity index (χ0n) is 21.7. The van der Waals surface area contributed by atoms with E-state index in [0.29, 0.717) is 22.2 Å². The van der Waals surface area contributed by atoms with Crippen LogP contribution in [0.5, 0.6) is 0 Å². The maximum atomic E-state index is 10.6. The molecule has 0 saturated heterocycles. The fourth-order valence-corrected chi connectivity index (χ4v) is 7.38. The van der Waals surface area contributed by atoms with E-state index >= 15 is 0 Å². The van der Waals surface area contributed by atoms with Gasteiger partial charge in [0.25, 0.3) is 0 Å². The van der Waals surface area contributed by atoms with Gasteiger partial charge in [-0.05, 0) is 103 Å². The summed E-state index contributed by atoms with van der Waals surface area (Å²) in [6, 6.07) is 0. The van der Waals surface area contributed by atoms with E-state index in [2.05, 4.69) is 72.8 Å². The Balaban J connectivity index is 0.000000169. The Kier molecular flexibility index (Phi) is 9.42. The van der Waals surface area contributed by atoms with E-state index in [4.69, 9.17) is 7.67 Å². The topological polar surface area (TPSA) is 51.2 Å². The van der Waals surface area contributed by atoms with Crippen LogP contribution in [0.15, 0.2) is 35.5 Å². The standard InChI is InChI=1S/C10H14O.C10H16.C9H14.CH4.O2Se/c1-10(2)8-4-3-7(6-11)9(10)5-8;1-7-4-5-8-6-9(7)10(8,2)3;1-9(2)7-4-3-5-8(9)6-7;;1-3-2/h3,6,8-9H,4-5H2,1-2H3;4,8-9H,5-6H2,1-3H3;3-4,7-8H,5-6H2,1-2H3;1H4;. The summed E-state index contributed by atoms with van der Waals surface area (Å²) < 4.78 is 16.9. The molecule has 0 aliphatic heterocycles. The summed E-state index contributed by atoms with van der Waals surface area (Å²) in [5.74, 6) is 5.26. The number of hydrogen-bond donors (Lipinski definition) is 0. The van der Waals surface area contributed by atoms with Gasteiger partial charge in [-0.1, -0.05) is 78.8 Å². The van der Waals surface area contributed by atoms with Crippen LogP contribution in [0.1, 0.15) is 94.4 Å². The molecule has 192 valence electrons. The number of fused-ring (bicyclic) bond motifs is 3. The molecule has 9 aliphatic rings. The SMILES string of the molecule is C.CC1(C)C2C=CCC1C2.CC1(C)C2CC=C(C=O)C1C2.CC1=CCC2CC1C2(C)C.O=[Se]=O. The van der Waals surface area contributed by atoms with Crippen molar-refractivity contribution in [3.8, 4) is 0 Å². The van der Waals surface area contributed by atoms with Crippen LogP contribution in [0.4, 0.5) is 0 Å². The Hall–Kier alpha value is -0.991. The molecule has 6 bridgehead atoms. The molecule has 3 saturated carbocycles. The van der Waals surface area contributed by atoms with Crippen molar-refractivity contribution in [3.63, 3.8) is 0 Å². The molecular formula is C30H48O3Se. The van der Waals surface area contributed by atoms with E-state index in [1.54, 1.807) is 5.57 Å². The third-order valence-corrected chi connectivity index (χ3v) is 10.7. The van der Waals surface area contributed by atoms with Gasteiger partial charge < -0.3 is 0 Å². The molecule has 0 amide bonds. The van der Waals surface area contributed by atoms with Gasteiger partial charge in [-0.15, -0.1) is 0 Å². The quantitative estimate of drug-likeness (QED) is 0.196. The van der Waals surface area contributed by atoms with Crippen LogP contribution in [-0.4, -0.2) is 21.1 Å². The van der Waals surface area contributed by atoms with E-state index in [0.717, 1.165) is 47.9 Å². The maximum absolute atomic E-state index is 10.6. The van der Waals surface area contributed by atoms with Crippen molar-refractivity contribution in [1.29, 1.82) is 0 Å². The molecule has 34 heavy (non-hydrogen) atoms. The van der Waals surface area contributed by atoms with Crippen molar-refractivity contribution in [2.45, 2.75) is 94.4 Å². The van der Waals surface area contributed by atoms with Crippen molar-refractivity contribution in [2.24, 2.45) is 51.8 Å². The van der Waals surface area contributed by atoms with Gasteiger partial charge in [0.2, 0.25) is 0 Å². The van der Waals surface area contributed by atoms with Gasteiger partial charge in [0.15, 0.2) is 0 Å². The van der Waals surface area contributed by atoms with Crippen molar-refractivity contribution in [3.05, 3.63) is 35.5 Å². The van der Waals surface area contributed by atoms with Crippen LogP contribution in [0.3, 0.4) is 0 Å². The summed E-state index contributed by atoms with van der Waals surface area (Å²) in [6.45, 7) is 16.5. The minimum atomic E-state index is -1.62. The molecule has 0 aromatic carbocycles. The van der Waals surface area contributed by atoms with E-state index < -0.39 is 14.8 Å². The first kappa shape index (κ1) is 29.2. The molecule has 6 atom stereocenters. The van der Waals surface area contributed by atoms with Crippen molar-refractivity contribution in [2.75, 3.05) is 0 Å². The van der Waals surface area contributed by atoms with Crippen LogP contribution in [-0.2, 0) is 12.5 Å². The zero-order valence-corrected chi connectivity index (χ0v) is 23.4. The van der Waals surface area contributed by atoms with Gasteiger partial charge in [-0.25, -0.2) is 0 Å². The summed E-state index contributed by atoms with van der Waals surface area (Å²) in [4.78, 5) is 10.6. The molecule has 4 heteroatoms. The third-order valence-electron chi connectivity index (χ3n) is 10.7. The summed E-state index contributed by atoms with van der Waals surface area (Å²) in [5, 5.41) is 0. The number of hydrogen-bond acceptors (Lipinski definition) is 3. The van der Waals surface area contributed by atoms with E-state index in [-0.39, 0.29) is 7.43 Å². The monoisotopic (exact) mass is 536 g/mol. The van der Waals surface area contributed by atoms with E-state index in [9.17, 15) is 4.79 Å². The number of allylic oxidation sites excluding steroid dienone is 6. The fourth-order valence-electron chi connectivity index (χ4n) is 7.38. The molecule has 0 aromatic rings. The molecular weight excluding hydrogens is 487 g/mol. The van der Waals surface area contributed by atoms with Crippen LogP contribution >= 0.6 is 0 Å². The average molecular weight is 536 g/mol. The summed E-state index contributed by atoms with van der Waals surface area (Å²) >= 11 is -1.62. The third kappa shape index (κ3) is 5.24. The molecule has 0 spiro atoms. The molecule has 9 aliphatic carbocycles. The minimum absolute atomic E-state index is 0. The second-order valence-electron chi connectivity index (χ2n) is 12.9. The molecule has 6 unspecified atom stereocenters. The summed E-state index contributed by atoms with van der Waals surface area (Å²) in [5.41, 5.74) is 4.39. The Morgan fingerprint density at radius 2 is 1.29 bits per heavy atom. The van der Waals surface area contributed by atoms with E-state index in [1.807, 2.05) is 0 Å². The number of carbonyl (C=O) groups is 1. The number of rotatable bonds is 1. The molecule has 3 nitrogen and oxygen atoms in total. The van der Waals surface area contributed by atoms with Crippen LogP contribution in [0.25, 0.3) is 0 Å². The summed E-state index contributed by atoms with van der Waals surface area (Å²) in [6.07, 6.45) is 18.3. The number of carbonyl (C=O) groups excluding carboxylic acids is 1. The van der Waals surface area contributed by atoms with Crippen molar-refractivity contribution >= 4 is 21.1 Å². The first-order valence-corrected chi connectivity index (χ1v) is 14.2. The zero-order chi connectivity index (χ0) is 24.6. The van der Waals surface area contributed by atoms with Gasteiger partial charge in [0.1, 0.15) is 6.29 Å². The molecule has 0 heterocycles. The van der Waals surface area contributed by atoms with E-state index in [1.165, 1.54) is 32.1 Å². The molecule has 0 aromatic heterocycles. The molecule has 0 N–H and O–H groups in total. The van der Waals surface area contributed by atoms with Crippen molar-refractivity contribution in [1.82, 2.24) is 0 Å². The Labute approximate surface area is 214 Å². The number of aldehydes is 1. The Bertz CT molecular complexity index is 869. The van der Waals surface area contributed by atoms with Gasteiger partial charge in [-0.3, -0.25) is 4.79 Å². The van der Waals surface area contributed by atoms with Gasteiger partial charge in [-0.2, -0.15) is 0 Å². The van der Waals surface area contributed by atoms with Gasteiger partial charge in [0, 0.05) is 0 Å². The normalized spacial score (nSPS) is 37.0. The first-order valence-electron chi connectivity index (χ1n) is 12.8. The predicted octanol–water partition coefficient (Wildman–Crippen LogP) is 7.80. The molecule has 0 radical (unpaired) electrons. The predicted molar refractivity (Wildman–Crippen MR) is 141 cm³/mol. The molecule has 9 rings (SSSR count). The molecule has 3 fully saturated rings. The van der Waals surface area contributed by atoms with Gasteiger partial charge in [0.05, 0.1) is 0 Å². The second-order valence-corrected chi connectivity index (χ2v) is 13.2. The van der Waals surface area contributed by atoms with Gasteiger partial charge >= 0.3 is 22.5 Å². The fraction of sp³-hybridized carbons (Fsp3) is 0.767. The van der Waals surface area contributed by atoms with Crippen LogP contribution in [0.2, 0.25) is 0 Å². The van der Waals surface area contributed by atoms with Crippen LogP contribution in [0, 0.1) is 51.8 Å². The first-order chi connectivity index (χ1) is 15.4. The van der Waals surface area contributed by atoms with Crippen molar-refractivity contribution < 1.29 is 12.5 Å². The Morgan fingerprint density at radius 1 is 0.794 bits per heavy atom. The average Bonchev–Trinajstić information content (AvgIpc) is 2.80.